The molecule has 3 rings (SSSR count). The minimum Gasteiger partial charge on any atom is -0.497 e. The number of methoxy groups -OCH3 is 1. The normalized spacial score (nSPS) is 10.6. The van der Waals surface area contributed by atoms with E-state index in [9.17, 15) is 0 Å². The third kappa shape index (κ3) is 3.07. The summed E-state index contributed by atoms with van der Waals surface area (Å²) in [4.78, 5) is 0. The molecule has 5 nitrogen and oxygen atoms in total. The molecule has 0 bridgehead atoms. The van der Waals surface area contributed by atoms with Gasteiger partial charge in [0.05, 0.1) is 7.11 Å². The summed E-state index contributed by atoms with van der Waals surface area (Å²) in [5.74, 6) is 8.30. The van der Waals surface area contributed by atoms with Crippen LogP contribution in [-0.2, 0) is 5.75 Å². The van der Waals surface area contributed by atoms with Gasteiger partial charge in [-0.3, -0.25) is 0 Å². The van der Waals surface area contributed by atoms with Crippen LogP contribution in [0.3, 0.4) is 0 Å². The first-order valence-electron chi connectivity index (χ1n) is 6.79. The third-order valence-electron chi connectivity index (χ3n) is 3.20. The molecule has 22 heavy (non-hydrogen) atoms. The highest BCUT2D eigenvalue weighted by Gasteiger charge is 2.12. The van der Waals surface area contributed by atoms with E-state index in [4.69, 9.17) is 10.6 Å². The van der Waals surface area contributed by atoms with Crippen LogP contribution in [-0.4, -0.2) is 22.0 Å². The Morgan fingerprint density at radius 2 is 1.91 bits per heavy atom. The van der Waals surface area contributed by atoms with Crippen molar-refractivity contribution in [3.8, 4) is 17.1 Å². The van der Waals surface area contributed by atoms with Gasteiger partial charge in [0, 0.05) is 11.3 Å². The molecule has 2 aromatic carbocycles. The van der Waals surface area contributed by atoms with Crippen molar-refractivity contribution in [2.45, 2.75) is 10.9 Å². The molecule has 0 atom stereocenters. The minimum atomic E-state index is 0.620. The van der Waals surface area contributed by atoms with Crippen molar-refractivity contribution in [1.82, 2.24) is 14.9 Å². The zero-order chi connectivity index (χ0) is 15.4. The molecule has 0 aliphatic heterocycles. The first-order valence-corrected chi connectivity index (χ1v) is 7.78. The Bertz CT molecular complexity index is 758. The zero-order valence-corrected chi connectivity index (χ0v) is 13.0. The molecule has 0 unspecified atom stereocenters. The molecule has 0 radical (unpaired) electrons. The monoisotopic (exact) mass is 312 g/mol. The van der Waals surface area contributed by atoms with Crippen molar-refractivity contribution in [3.05, 3.63) is 60.2 Å². The average Bonchev–Trinajstić information content (AvgIpc) is 2.95. The van der Waals surface area contributed by atoms with Gasteiger partial charge in [-0.15, -0.1) is 10.2 Å². The smallest absolute Gasteiger partial charge is 0.210 e. The van der Waals surface area contributed by atoms with Gasteiger partial charge in [0.1, 0.15) is 5.75 Å². The fourth-order valence-corrected chi connectivity index (χ4v) is 2.87. The van der Waals surface area contributed by atoms with E-state index >= 15 is 0 Å². The quantitative estimate of drug-likeness (QED) is 0.579. The largest absolute Gasteiger partial charge is 0.497 e. The number of thioether (sulfide) groups is 1. The molecule has 0 aliphatic rings. The first kappa shape index (κ1) is 14.5. The van der Waals surface area contributed by atoms with Crippen LogP contribution < -0.4 is 10.6 Å². The average molecular weight is 312 g/mol. The lowest BCUT2D eigenvalue weighted by Crippen LogP contribution is -2.11. The SMILES string of the molecule is COc1cccc(-c2nnc(SCc3ccccc3)n2N)c1. The second-order valence-electron chi connectivity index (χ2n) is 4.68. The van der Waals surface area contributed by atoms with E-state index in [1.807, 2.05) is 42.5 Å². The Labute approximate surface area is 133 Å². The molecule has 0 amide bonds. The van der Waals surface area contributed by atoms with E-state index in [0.29, 0.717) is 11.0 Å². The summed E-state index contributed by atoms with van der Waals surface area (Å²) in [7, 11) is 1.63. The van der Waals surface area contributed by atoms with E-state index < -0.39 is 0 Å². The number of benzene rings is 2. The number of nitrogens with two attached hydrogens (primary N) is 1. The summed E-state index contributed by atoms with van der Waals surface area (Å²) in [6, 6.07) is 17.8. The Kier molecular flexibility index (Phi) is 4.29. The first-order chi connectivity index (χ1) is 10.8. The maximum Gasteiger partial charge on any atom is 0.210 e. The lowest BCUT2D eigenvalue weighted by molar-refractivity contribution is 0.415. The van der Waals surface area contributed by atoms with Crippen molar-refractivity contribution in [2.24, 2.45) is 0 Å². The van der Waals surface area contributed by atoms with Crippen LogP contribution in [0.5, 0.6) is 5.75 Å². The maximum absolute atomic E-state index is 6.12. The van der Waals surface area contributed by atoms with Gasteiger partial charge in [-0.1, -0.05) is 54.2 Å². The van der Waals surface area contributed by atoms with Gasteiger partial charge >= 0.3 is 0 Å². The molecular formula is C16H16N4OS. The molecular weight excluding hydrogens is 296 g/mol. The number of aromatic nitrogens is 3. The standard InChI is InChI=1S/C16H16N4OS/c1-21-14-9-5-8-13(10-14)15-18-19-16(20(15)17)22-11-12-6-3-2-4-7-12/h2-10H,11,17H2,1H3. The number of nitrogen functional groups attached to an aromatic ring is 1. The topological polar surface area (TPSA) is 66.0 Å². The number of ether oxygens (including phenoxy) is 1. The lowest BCUT2D eigenvalue weighted by atomic mass is 10.2. The predicted molar refractivity (Wildman–Crippen MR) is 88.2 cm³/mol. The summed E-state index contributed by atoms with van der Waals surface area (Å²) in [6.07, 6.45) is 0. The molecule has 0 saturated carbocycles. The number of hydrogen-bond donors (Lipinski definition) is 1. The molecule has 1 aromatic heterocycles. The second-order valence-corrected chi connectivity index (χ2v) is 5.62. The second kappa shape index (κ2) is 6.53. The molecule has 1 heterocycles. The minimum absolute atomic E-state index is 0.620. The Morgan fingerprint density at radius 3 is 2.68 bits per heavy atom. The summed E-state index contributed by atoms with van der Waals surface area (Å²) < 4.78 is 6.74. The lowest BCUT2D eigenvalue weighted by Gasteiger charge is -2.05. The molecule has 2 N–H and O–H groups in total. The van der Waals surface area contributed by atoms with E-state index in [1.165, 1.54) is 10.2 Å². The molecule has 0 spiro atoms. The van der Waals surface area contributed by atoms with E-state index in [-0.39, 0.29) is 0 Å². The van der Waals surface area contributed by atoms with Crippen molar-refractivity contribution in [1.29, 1.82) is 0 Å². The molecule has 0 fully saturated rings. The summed E-state index contributed by atoms with van der Waals surface area (Å²) in [5, 5.41) is 9.04. The van der Waals surface area contributed by atoms with Crippen LogP contribution >= 0.6 is 11.8 Å². The van der Waals surface area contributed by atoms with Gasteiger partial charge < -0.3 is 10.6 Å². The maximum atomic E-state index is 6.12. The van der Waals surface area contributed by atoms with Gasteiger partial charge in [-0.25, -0.2) is 4.68 Å². The van der Waals surface area contributed by atoms with Crippen LogP contribution in [0.4, 0.5) is 0 Å². The molecule has 0 saturated heterocycles. The highest BCUT2D eigenvalue weighted by Crippen LogP contribution is 2.26. The molecule has 0 aliphatic carbocycles. The summed E-state index contributed by atoms with van der Waals surface area (Å²) >= 11 is 1.56. The van der Waals surface area contributed by atoms with Crippen LogP contribution in [0.2, 0.25) is 0 Å². The highest BCUT2D eigenvalue weighted by atomic mass is 32.2. The van der Waals surface area contributed by atoms with Crippen LogP contribution in [0, 0.1) is 0 Å². The van der Waals surface area contributed by atoms with Crippen molar-refractivity contribution >= 4 is 11.8 Å². The number of rotatable bonds is 5. The van der Waals surface area contributed by atoms with Gasteiger partial charge in [0.2, 0.25) is 5.16 Å². The van der Waals surface area contributed by atoms with Crippen LogP contribution in [0.1, 0.15) is 5.56 Å². The number of hydrogen-bond acceptors (Lipinski definition) is 5. The van der Waals surface area contributed by atoms with E-state index in [2.05, 4.69) is 22.3 Å². The van der Waals surface area contributed by atoms with Gasteiger partial charge in [-0.2, -0.15) is 0 Å². The van der Waals surface area contributed by atoms with Crippen LogP contribution in [0.25, 0.3) is 11.4 Å². The fraction of sp³-hybridized carbons (Fsp3) is 0.125. The van der Waals surface area contributed by atoms with E-state index in [1.54, 1.807) is 18.9 Å². The number of nitrogens with zero attached hydrogens (tertiary/aromatic N) is 3. The van der Waals surface area contributed by atoms with Gasteiger partial charge in [0.25, 0.3) is 0 Å². The van der Waals surface area contributed by atoms with Gasteiger partial charge in [-0.05, 0) is 17.7 Å². The Morgan fingerprint density at radius 1 is 1.09 bits per heavy atom. The van der Waals surface area contributed by atoms with Crippen molar-refractivity contribution < 1.29 is 4.74 Å². The molecule has 112 valence electrons. The highest BCUT2D eigenvalue weighted by molar-refractivity contribution is 7.98. The Hall–Kier alpha value is -2.47. The fourth-order valence-electron chi connectivity index (χ4n) is 2.06. The molecule has 6 heteroatoms. The summed E-state index contributed by atoms with van der Waals surface area (Å²) in [6.45, 7) is 0. The van der Waals surface area contributed by atoms with Gasteiger partial charge in [0.15, 0.2) is 5.82 Å². The molecule has 3 aromatic rings. The van der Waals surface area contributed by atoms with Crippen LogP contribution in [0.15, 0.2) is 59.8 Å². The van der Waals surface area contributed by atoms with Crippen molar-refractivity contribution in [2.75, 3.05) is 13.0 Å². The Balaban J connectivity index is 1.79. The third-order valence-corrected chi connectivity index (χ3v) is 4.22. The van der Waals surface area contributed by atoms with Crippen molar-refractivity contribution in [3.63, 3.8) is 0 Å². The van der Waals surface area contributed by atoms with E-state index in [0.717, 1.165) is 17.1 Å². The summed E-state index contributed by atoms with van der Waals surface area (Å²) in [5.41, 5.74) is 2.10. The zero-order valence-electron chi connectivity index (χ0n) is 12.1. The predicted octanol–water partition coefficient (Wildman–Crippen LogP) is 2.96.